The minimum atomic E-state index is 0. The molecule has 0 aromatic rings. The molecule has 0 amide bonds. The van der Waals surface area contributed by atoms with Crippen LogP contribution in [-0.2, 0) is 53.6 Å². The van der Waals surface area contributed by atoms with E-state index < -0.39 is 0 Å². The largest absolute Gasteiger partial charge is 0 e. The van der Waals surface area contributed by atoms with Gasteiger partial charge in [0.05, 0.1) is 0 Å². The summed E-state index contributed by atoms with van der Waals surface area (Å²) in [6.07, 6.45) is 0. The first-order valence-electron chi connectivity index (χ1n) is 0. The third-order valence-electron chi connectivity index (χ3n) is 0. The van der Waals surface area contributed by atoms with Crippen LogP contribution in [0.1, 0.15) is 0 Å². The van der Waals surface area contributed by atoms with Crippen LogP contribution < -0.4 is 0 Å². The van der Waals surface area contributed by atoms with Gasteiger partial charge in [0, 0.05) is 53.6 Å². The van der Waals surface area contributed by atoms with Gasteiger partial charge in [-0.1, -0.05) is 0 Å². The van der Waals surface area contributed by atoms with Gasteiger partial charge in [-0.05, 0) is 0 Å². The Hall–Kier alpha value is 3.12. The Morgan fingerprint density at radius 1 is 1.00 bits per heavy atom. The molecule has 0 aromatic heterocycles. The van der Waals surface area contributed by atoms with Gasteiger partial charge in [0.1, 0.15) is 0 Å². The van der Waals surface area contributed by atoms with Crippen molar-refractivity contribution < 1.29 is 53.6 Å². The maximum absolute atomic E-state index is 0. The second-order valence-corrected chi connectivity index (χ2v) is 0. The van der Waals surface area contributed by atoms with E-state index in [4.69, 9.17) is 0 Å². The van der Waals surface area contributed by atoms with Crippen molar-refractivity contribution in [2.45, 2.75) is 0 Å². The Balaban J connectivity index is 0. The predicted molar refractivity (Wildman–Crippen MR) is 18.5 cm³/mol. The molecular formula is H5AlCuMnPbZn. The number of hydrogen-bond donors (Lipinski definition) is 0. The molecule has 0 saturated heterocycles. The molecule has 0 N–H and O–H groups in total. The molecule has 0 spiro atoms. The molecule has 32 valence electrons. The minimum absolute atomic E-state index is 0. The normalized spacial score (nSPS) is 0. The summed E-state index contributed by atoms with van der Waals surface area (Å²) >= 11 is 0. The molecule has 0 nitrogen and oxygen atoms in total. The Morgan fingerprint density at radius 2 is 1.00 bits per heavy atom. The fraction of sp³-hybridized carbons (Fsp3) is 0. The summed E-state index contributed by atoms with van der Waals surface area (Å²) in [6.45, 7) is 0. The van der Waals surface area contributed by atoms with Crippen molar-refractivity contribution >= 4 is 44.7 Å². The van der Waals surface area contributed by atoms with Gasteiger partial charge < -0.3 is 0 Å². The van der Waals surface area contributed by atoms with Gasteiger partial charge in [-0.15, -0.1) is 0 Å². The van der Waals surface area contributed by atoms with Crippen molar-refractivity contribution in [2.24, 2.45) is 0 Å². The molecule has 0 heterocycles. The Kier molecular flexibility index (Phi) is 232. The summed E-state index contributed by atoms with van der Waals surface area (Å²) in [4.78, 5) is 0. The molecule has 0 aromatic carbocycles. The summed E-state index contributed by atoms with van der Waals surface area (Å²) in [5.41, 5.74) is 0. The van der Waals surface area contributed by atoms with E-state index in [2.05, 4.69) is 0 Å². The first-order chi connectivity index (χ1) is 0. The zero-order chi connectivity index (χ0) is 0. The van der Waals surface area contributed by atoms with Gasteiger partial charge in [-0.2, -0.15) is 0 Å². The summed E-state index contributed by atoms with van der Waals surface area (Å²) in [7, 11) is 0. The zero-order valence-corrected chi connectivity index (χ0v) is 12.7. The van der Waals surface area contributed by atoms with Crippen LogP contribution in [0.5, 0.6) is 0 Å². The fourth-order valence-corrected chi connectivity index (χ4v) is 0. The van der Waals surface area contributed by atoms with E-state index in [0.717, 1.165) is 0 Å². The Morgan fingerprint density at radius 3 is 1.00 bits per heavy atom. The molecule has 0 aliphatic rings. The van der Waals surface area contributed by atoms with Gasteiger partial charge in [0.25, 0.3) is 0 Å². The van der Waals surface area contributed by atoms with Crippen molar-refractivity contribution in [3.05, 3.63) is 0 Å². The Labute approximate surface area is 96.6 Å². The van der Waals surface area contributed by atoms with Gasteiger partial charge in [-0.3, -0.25) is 0 Å². The summed E-state index contributed by atoms with van der Waals surface area (Å²) in [5, 5.41) is 0. The molecule has 4 radical (unpaired) electrons. The van der Waals surface area contributed by atoms with Crippen molar-refractivity contribution in [1.29, 1.82) is 0 Å². The molecular weight excluding hydrogens is 418 g/mol. The van der Waals surface area contributed by atoms with Crippen molar-refractivity contribution in [2.75, 3.05) is 0 Å². The van der Waals surface area contributed by atoms with E-state index in [0.29, 0.717) is 0 Å². The molecule has 0 bridgehead atoms. The van der Waals surface area contributed by atoms with Crippen LogP contribution in [0.25, 0.3) is 0 Å². The first-order valence-corrected chi connectivity index (χ1v) is 0. The third-order valence-corrected chi connectivity index (χ3v) is 0. The van der Waals surface area contributed by atoms with Crippen LogP contribution in [0.15, 0.2) is 0 Å². The van der Waals surface area contributed by atoms with E-state index in [1.807, 2.05) is 0 Å². The average Bonchev–Trinajstić information content (AvgIpc) is 0. The maximum Gasteiger partial charge on any atom is 0 e. The molecule has 0 rings (SSSR count). The molecule has 0 atom stereocenters. The van der Waals surface area contributed by atoms with Crippen LogP contribution in [0.4, 0.5) is 0 Å². The summed E-state index contributed by atoms with van der Waals surface area (Å²) in [6, 6.07) is 0. The van der Waals surface area contributed by atoms with E-state index in [9.17, 15) is 0 Å². The maximum atomic E-state index is 0. The van der Waals surface area contributed by atoms with Crippen LogP contribution in [0, 0.1) is 0 Å². The molecule has 0 fully saturated rings. The van der Waals surface area contributed by atoms with Gasteiger partial charge in [0.15, 0.2) is 17.4 Å². The number of hydrogen-bond acceptors (Lipinski definition) is 0. The van der Waals surface area contributed by atoms with Crippen LogP contribution >= 0.6 is 0 Å². The quantitative estimate of drug-likeness (QED) is 0.392. The van der Waals surface area contributed by atoms with Gasteiger partial charge in [-0.25, -0.2) is 0 Å². The van der Waals surface area contributed by atoms with Gasteiger partial charge >= 0.3 is 27.3 Å². The van der Waals surface area contributed by atoms with Crippen LogP contribution in [0.3, 0.4) is 0 Å². The average molecular weight is 423 g/mol. The minimum Gasteiger partial charge on any atom is 0 e. The third kappa shape index (κ3) is 19.2. The fourth-order valence-electron chi connectivity index (χ4n) is 0. The smallest absolute Gasteiger partial charge is 0 e. The molecule has 0 unspecified atom stereocenters. The predicted octanol–water partition coefficient (Wildman–Crippen LogP) is -2.11. The molecule has 0 aliphatic heterocycles. The van der Waals surface area contributed by atoms with Crippen molar-refractivity contribution in [3.8, 4) is 0 Å². The summed E-state index contributed by atoms with van der Waals surface area (Å²) < 4.78 is 0. The second-order valence-electron chi connectivity index (χ2n) is 0. The van der Waals surface area contributed by atoms with Crippen molar-refractivity contribution in [1.82, 2.24) is 0 Å². The van der Waals surface area contributed by atoms with Gasteiger partial charge in [0.2, 0.25) is 0 Å². The summed E-state index contributed by atoms with van der Waals surface area (Å²) in [5.74, 6) is 0. The second kappa shape index (κ2) is 27.4. The standard InChI is InChI=1S/Al.Cu.Mn.Pb.Zn.5H. The first kappa shape index (κ1) is 42.3. The molecule has 5 heteroatoms. The molecule has 0 saturated carbocycles. The topological polar surface area (TPSA) is 0 Å². The monoisotopic (exact) mass is 422 g/mol. The number of rotatable bonds is 0. The van der Waals surface area contributed by atoms with Crippen LogP contribution in [0.2, 0.25) is 0 Å². The zero-order valence-electron chi connectivity index (χ0n) is 2.09. The molecule has 5 heavy (non-hydrogen) atoms. The van der Waals surface area contributed by atoms with E-state index >= 15 is 0 Å². The van der Waals surface area contributed by atoms with E-state index in [1.165, 1.54) is 0 Å². The Bertz CT molecular complexity index is 11.6. The van der Waals surface area contributed by atoms with E-state index in [-0.39, 0.29) is 98.3 Å². The SMILES string of the molecule is [AlH3].[Cu].[Mn].[PbH2].[Zn]. The van der Waals surface area contributed by atoms with Crippen LogP contribution in [-0.4, -0.2) is 44.7 Å². The van der Waals surface area contributed by atoms with Crippen molar-refractivity contribution in [3.63, 3.8) is 0 Å². The van der Waals surface area contributed by atoms with E-state index in [1.54, 1.807) is 0 Å². The molecule has 0 aliphatic carbocycles.